The van der Waals surface area contributed by atoms with Gasteiger partial charge in [0.05, 0.1) is 18.8 Å². The summed E-state index contributed by atoms with van der Waals surface area (Å²) in [7, 11) is -3.02. The molecule has 0 aromatic carbocycles. The Labute approximate surface area is 114 Å². The Morgan fingerprint density at radius 2 is 1.50 bits per heavy atom. The van der Waals surface area contributed by atoms with E-state index in [-0.39, 0.29) is 18.3 Å². The number of hydrogen-bond acceptors (Lipinski definition) is 3. The van der Waals surface area contributed by atoms with Crippen LogP contribution in [-0.2, 0) is 13.6 Å². The molecular formula is C13H30O3Si2. The first-order valence-electron chi connectivity index (χ1n) is 6.97. The highest BCUT2D eigenvalue weighted by Crippen LogP contribution is 2.31. The van der Waals surface area contributed by atoms with E-state index in [1.165, 1.54) is 0 Å². The summed E-state index contributed by atoms with van der Waals surface area (Å²) in [5, 5.41) is 0. The molecule has 4 unspecified atom stereocenters. The summed E-state index contributed by atoms with van der Waals surface area (Å²) in [6.45, 7) is 18.4. The first kappa shape index (κ1) is 16.4. The molecule has 1 heterocycles. The molecule has 0 amide bonds. The summed E-state index contributed by atoms with van der Waals surface area (Å²) < 4.78 is 18.3. The van der Waals surface area contributed by atoms with Gasteiger partial charge in [-0.1, -0.05) is 6.92 Å². The van der Waals surface area contributed by atoms with Crippen LogP contribution in [0.25, 0.3) is 0 Å². The molecule has 4 atom stereocenters. The third-order valence-corrected chi connectivity index (χ3v) is 5.20. The number of rotatable bonds is 5. The highest BCUT2D eigenvalue weighted by molar-refractivity contribution is 6.70. The minimum absolute atomic E-state index is 0.105. The monoisotopic (exact) mass is 290 g/mol. The van der Waals surface area contributed by atoms with Gasteiger partial charge in [0.15, 0.2) is 16.6 Å². The fraction of sp³-hybridized carbons (Fsp3) is 1.00. The lowest BCUT2D eigenvalue weighted by Gasteiger charge is -2.30. The van der Waals surface area contributed by atoms with Crippen molar-refractivity contribution in [2.45, 2.75) is 71.4 Å². The Kier molecular flexibility index (Phi) is 5.23. The van der Waals surface area contributed by atoms with Gasteiger partial charge in [-0.25, -0.2) is 0 Å². The molecule has 1 aliphatic rings. The van der Waals surface area contributed by atoms with Crippen LogP contribution < -0.4 is 0 Å². The molecule has 18 heavy (non-hydrogen) atoms. The van der Waals surface area contributed by atoms with Crippen molar-refractivity contribution in [3.63, 3.8) is 0 Å². The maximum absolute atomic E-state index is 6.31. The van der Waals surface area contributed by atoms with Crippen LogP contribution in [0.4, 0.5) is 0 Å². The zero-order valence-electron chi connectivity index (χ0n) is 13.2. The highest BCUT2D eigenvalue weighted by Gasteiger charge is 2.42. The van der Waals surface area contributed by atoms with Crippen LogP contribution >= 0.6 is 0 Å². The van der Waals surface area contributed by atoms with Crippen LogP contribution in [-0.4, -0.2) is 41.6 Å². The van der Waals surface area contributed by atoms with Gasteiger partial charge in [-0.15, -0.1) is 0 Å². The third-order valence-electron chi connectivity index (χ3n) is 3.18. The zero-order chi connectivity index (χ0) is 14.1. The second-order valence-electron chi connectivity index (χ2n) is 7.36. The van der Waals surface area contributed by atoms with Crippen molar-refractivity contribution in [3.05, 3.63) is 0 Å². The largest absolute Gasteiger partial charge is 0.415 e. The van der Waals surface area contributed by atoms with Crippen molar-refractivity contribution < 1.29 is 13.6 Å². The lowest BCUT2D eigenvalue weighted by Crippen LogP contribution is -2.42. The fourth-order valence-electron chi connectivity index (χ4n) is 2.14. The predicted octanol–water partition coefficient (Wildman–Crippen LogP) is 3.48. The van der Waals surface area contributed by atoms with Crippen molar-refractivity contribution >= 4 is 16.6 Å². The first-order chi connectivity index (χ1) is 7.99. The molecule has 5 heteroatoms. The first-order valence-corrected chi connectivity index (χ1v) is 13.8. The molecule has 108 valence electrons. The van der Waals surface area contributed by atoms with Crippen molar-refractivity contribution in [2.24, 2.45) is 5.92 Å². The Morgan fingerprint density at radius 1 is 0.944 bits per heavy atom. The number of hydrogen-bond donors (Lipinski definition) is 0. The molecule has 0 aromatic heterocycles. The summed E-state index contributed by atoms with van der Waals surface area (Å²) >= 11 is 0. The van der Waals surface area contributed by atoms with E-state index in [1.807, 2.05) is 0 Å². The summed E-state index contributed by atoms with van der Waals surface area (Å²) in [6, 6.07) is 0. The zero-order valence-corrected chi connectivity index (χ0v) is 15.2. The van der Waals surface area contributed by atoms with Gasteiger partial charge in [0.1, 0.15) is 6.10 Å². The SMILES string of the molecule is CC1OC(CO[Si](C)(C)C)C(O[Si](C)(C)C)C1C. The smallest absolute Gasteiger partial charge is 0.184 e. The molecule has 0 radical (unpaired) electrons. The molecule has 1 fully saturated rings. The molecule has 0 aromatic rings. The van der Waals surface area contributed by atoms with Gasteiger partial charge in [-0.05, 0) is 46.2 Å². The third kappa shape index (κ3) is 5.13. The van der Waals surface area contributed by atoms with E-state index in [4.69, 9.17) is 13.6 Å². The Balaban J connectivity index is 2.64. The maximum atomic E-state index is 6.31. The normalized spacial score (nSPS) is 34.0. The van der Waals surface area contributed by atoms with Crippen molar-refractivity contribution in [3.8, 4) is 0 Å². The van der Waals surface area contributed by atoms with Crippen LogP contribution in [0.5, 0.6) is 0 Å². The van der Waals surface area contributed by atoms with Crippen molar-refractivity contribution in [1.82, 2.24) is 0 Å². The lowest BCUT2D eigenvalue weighted by atomic mass is 10.00. The van der Waals surface area contributed by atoms with Gasteiger partial charge in [0, 0.05) is 5.92 Å². The minimum atomic E-state index is -1.53. The van der Waals surface area contributed by atoms with Crippen LogP contribution in [0, 0.1) is 5.92 Å². The second-order valence-corrected chi connectivity index (χ2v) is 16.3. The van der Waals surface area contributed by atoms with Gasteiger partial charge in [-0.2, -0.15) is 0 Å². The van der Waals surface area contributed by atoms with Gasteiger partial charge >= 0.3 is 0 Å². The standard InChI is InChI=1S/C13H30O3Si2/c1-10-11(2)15-12(9-14-17(3,4)5)13(10)16-18(6,7)8/h10-13H,9H2,1-8H3. The molecule has 0 saturated carbocycles. The van der Waals surface area contributed by atoms with E-state index in [1.54, 1.807) is 0 Å². The summed E-state index contributed by atoms with van der Waals surface area (Å²) in [5.41, 5.74) is 0. The molecule has 0 aliphatic carbocycles. The van der Waals surface area contributed by atoms with Crippen LogP contribution in [0.2, 0.25) is 39.3 Å². The topological polar surface area (TPSA) is 27.7 Å². The van der Waals surface area contributed by atoms with Crippen LogP contribution in [0.3, 0.4) is 0 Å². The van der Waals surface area contributed by atoms with E-state index in [0.29, 0.717) is 12.5 Å². The highest BCUT2D eigenvalue weighted by atomic mass is 28.4. The second kappa shape index (κ2) is 5.75. The van der Waals surface area contributed by atoms with Gasteiger partial charge in [-0.3, -0.25) is 0 Å². The molecule has 0 N–H and O–H groups in total. The molecular weight excluding hydrogens is 260 g/mol. The van der Waals surface area contributed by atoms with E-state index >= 15 is 0 Å². The van der Waals surface area contributed by atoms with Gasteiger partial charge in [0.2, 0.25) is 0 Å². The average Bonchev–Trinajstić information content (AvgIpc) is 2.39. The molecule has 0 spiro atoms. The Morgan fingerprint density at radius 3 is 1.94 bits per heavy atom. The maximum Gasteiger partial charge on any atom is 0.184 e. The van der Waals surface area contributed by atoms with Gasteiger partial charge in [0.25, 0.3) is 0 Å². The van der Waals surface area contributed by atoms with Crippen molar-refractivity contribution in [2.75, 3.05) is 6.61 Å². The van der Waals surface area contributed by atoms with Gasteiger partial charge < -0.3 is 13.6 Å². The van der Waals surface area contributed by atoms with E-state index in [0.717, 1.165) is 0 Å². The molecule has 3 nitrogen and oxygen atoms in total. The predicted molar refractivity (Wildman–Crippen MR) is 81.0 cm³/mol. The number of ether oxygens (including phenoxy) is 1. The van der Waals surface area contributed by atoms with E-state index < -0.39 is 16.6 Å². The Bertz CT molecular complexity index is 270. The fourth-order valence-corrected chi connectivity index (χ4v) is 3.99. The lowest BCUT2D eigenvalue weighted by molar-refractivity contribution is -0.00807. The van der Waals surface area contributed by atoms with Crippen LogP contribution in [0.1, 0.15) is 13.8 Å². The Hall–Kier alpha value is 0.314. The van der Waals surface area contributed by atoms with Crippen LogP contribution in [0.15, 0.2) is 0 Å². The molecule has 1 rings (SSSR count). The molecule has 0 bridgehead atoms. The van der Waals surface area contributed by atoms with E-state index in [2.05, 4.69) is 53.1 Å². The quantitative estimate of drug-likeness (QED) is 0.726. The summed E-state index contributed by atoms with van der Waals surface area (Å²) in [4.78, 5) is 0. The molecule has 1 aliphatic heterocycles. The summed E-state index contributed by atoms with van der Waals surface area (Å²) in [5.74, 6) is 0.451. The van der Waals surface area contributed by atoms with Crippen molar-refractivity contribution in [1.29, 1.82) is 0 Å². The average molecular weight is 291 g/mol. The molecule has 1 saturated heterocycles. The van der Waals surface area contributed by atoms with E-state index in [9.17, 15) is 0 Å². The minimum Gasteiger partial charge on any atom is -0.415 e. The summed E-state index contributed by atoms with van der Waals surface area (Å²) in [6.07, 6.45) is 0.568.